The van der Waals surface area contributed by atoms with Crippen molar-refractivity contribution in [1.29, 1.82) is 0 Å². The molecule has 0 saturated heterocycles. The summed E-state index contributed by atoms with van der Waals surface area (Å²) < 4.78 is 0. The van der Waals surface area contributed by atoms with Crippen LogP contribution in [0.4, 0.5) is 0 Å². The summed E-state index contributed by atoms with van der Waals surface area (Å²) in [5.74, 6) is -0.584. The quantitative estimate of drug-likeness (QED) is 0.432. The highest BCUT2D eigenvalue weighted by Gasteiger charge is 2.71. The third kappa shape index (κ3) is 2.83. The Kier molecular flexibility index (Phi) is 5.25. The molecular formula is C30H46O5. The summed E-state index contributed by atoms with van der Waals surface area (Å²) in [5, 5.41) is 33.3. The number of aliphatic hydroxyl groups excluding tert-OH is 1. The molecule has 0 heterocycles. The second-order valence-corrected chi connectivity index (χ2v) is 14.7. The van der Waals surface area contributed by atoms with Crippen LogP contribution in [0.15, 0.2) is 11.6 Å². The van der Waals surface area contributed by atoms with Crippen LogP contribution in [0.2, 0.25) is 0 Å². The Labute approximate surface area is 210 Å². The molecule has 0 unspecified atom stereocenters. The highest BCUT2D eigenvalue weighted by Crippen LogP contribution is 2.75. The van der Waals surface area contributed by atoms with E-state index in [1.807, 2.05) is 20.8 Å². The largest absolute Gasteiger partial charge is 0.481 e. The average molecular weight is 487 g/mol. The van der Waals surface area contributed by atoms with Crippen LogP contribution in [0.25, 0.3) is 0 Å². The molecule has 4 saturated carbocycles. The molecule has 0 aromatic rings. The zero-order valence-electron chi connectivity index (χ0n) is 22.8. The lowest BCUT2D eigenvalue weighted by molar-refractivity contribution is -0.213. The van der Waals surface area contributed by atoms with Crippen molar-refractivity contribution in [3.05, 3.63) is 11.6 Å². The van der Waals surface area contributed by atoms with Crippen LogP contribution in [0.3, 0.4) is 0 Å². The molecule has 0 aromatic carbocycles. The van der Waals surface area contributed by atoms with Gasteiger partial charge in [-0.05, 0) is 92.3 Å². The molecule has 0 amide bonds. The zero-order valence-corrected chi connectivity index (χ0v) is 22.8. The van der Waals surface area contributed by atoms with Crippen LogP contribution < -0.4 is 0 Å². The van der Waals surface area contributed by atoms with Crippen LogP contribution in [0.5, 0.6) is 0 Å². The van der Waals surface area contributed by atoms with Crippen LogP contribution in [0.1, 0.15) is 99.8 Å². The number of ketones is 1. The maximum atomic E-state index is 13.0. The normalized spacial score (nSPS) is 55.1. The fraction of sp³-hybridized carbons (Fsp3) is 0.867. The van der Waals surface area contributed by atoms with Crippen LogP contribution in [0, 0.1) is 50.7 Å². The molecule has 0 aromatic heterocycles. The minimum absolute atomic E-state index is 0.0158. The molecule has 5 aliphatic rings. The Balaban J connectivity index is 1.65. The van der Waals surface area contributed by atoms with Gasteiger partial charge < -0.3 is 15.3 Å². The van der Waals surface area contributed by atoms with Gasteiger partial charge in [-0.1, -0.05) is 53.2 Å². The lowest BCUT2D eigenvalue weighted by atomic mass is 9.33. The molecule has 0 bridgehead atoms. The van der Waals surface area contributed by atoms with E-state index in [0.29, 0.717) is 25.2 Å². The topological polar surface area (TPSA) is 94.8 Å². The third-order valence-corrected chi connectivity index (χ3v) is 13.2. The van der Waals surface area contributed by atoms with E-state index in [2.05, 4.69) is 33.8 Å². The monoisotopic (exact) mass is 486 g/mol. The molecule has 35 heavy (non-hydrogen) atoms. The van der Waals surface area contributed by atoms with Gasteiger partial charge in [-0.15, -0.1) is 0 Å². The van der Waals surface area contributed by atoms with E-state index in [9.17, 15) is 24.9 Å². The van der Waals surface area contributed by atoms with Gasteiger partial charge in [0.1, 0.15) is 6.10 Å². The lowest BCUT2D eigenvalue weighted by Crippen LogP contribution is -2.68. The third-order valence-electron chi connectivity index (χ3n) is 13.2. The van der Waals surface area contributed by atoms with Gasteiger partial charge in [-0.25, -0.2) is 0 Å². The summed E-state index contributed by atoms with van der Waals surface area (Å²) >= 11 is 0. The predicted molar refractivity (Wildman–Crippen MR) is 134 cm³/mol. The first-order valence-corrected chi connectivity index (χ1v) is 13.9. The fourth-order valence-corrected chi connectivity index (χ4v) is 10.8. The molecule has 5 aliphatic carbocycles. The molecule has 5 rings (SSSR count). The van der Waals surface area contributed by atoms with Crippen molar-refractivity contribution < 1.29 is 24.9 Å². The summed E-state index contributed by atoms with van der Waals surface area (Å²) in [6.45, 7) is 15.0. The SMILES string of the molecule is C[C@@H]1CC[C@]2(C(=O)O)CC[C@]3(C)C(=CC[C@@H]4[C@]5(C)C[C@H](O)C(=O)C(C)(C)[C@@H]5CC[C@@]43C)[C@@H]2[C@@]1(C)O. The number of carbonyl (C=O) groups is 2. The first kappa shape index (κ1) is 25.4. The fourth-order valence-electron chi connectivity index (χ4n) is 10.8. The average Bonchev–Trinajstić information content (AvgIpc) is 2.75. The molecule has 0 aliphatic heterocycles. The Morgan fingerprint density at radius 3 is 2.26 bits per heavy atom. The molecular weight excluding hydrogens is 440 g/mol. The van der Waals surface area contributed by atoms with Crippen molar-refractivity contribution in [3.8, 4) is 0 Å². The number of fused-ring (bicyclic) bond motifs is 7. The standard InChI is InChI=1S/C30H46O5/c1-17-10-13-30(24(33)34)15-14-27(5)18(22(30)29(17,7)35)8-9-21-26(4)16-19(31)23(32)25(2,3)20(26)11-12-28(21,27)6/h8,17,19-22,31,35H,9-16H2,1-7H3,(H,33,34)/t17-,19+,20+,21-,22-,26-,27-,28+,29+,30+/m1/s1. The van der Waals surface area contributed by atoms with E-state index < -0.39 is 28.5 Å². The molecule has 3 N–H and O–H groups in total. The van der Waals surface area contributed by atoms with E-state index in [4.69, 9.17) is 0 Å². The zero-order chi connectivity index (χ0) is 26.0. The number of carboxylic acids is 1. The predicted octanol–water partition coefficient (Wildman–Crippen LogP) is 5.38. The van der Waals surface area contributed by atoms with Gasteiger partial charge in [0.2, 0.25) is 0 Å². The number of hydrogen-bond acceptors (Lipinski definition) is 4. The molecule has 4 fully saturated rings. The van der Waals surface area contributed by atoms with Crippen LogP contribution in [-0.4, -0.2) is 38.8 Å². The summed E-state index contributed by atoms with van der Waals surface area (Å²) in [6.07, 6.45) is 7.42. The first-order chi connectivity index (χ1) is 16.0. The lowest BCUT2D eigenvalue weighted by Gasteiger charge is -2.71. The summed E-state index contributed by atoms with van der Waals surface area (Å²) in [7, 11) is 0. The van der Waals surface area contributed by atoms with Gasteiger partial charge in [-0.3, -0.25) is 9.59 Å². The van der Waals surface area contributed by atoms with E-state index in [0.717, 1.165) is 32.1 Å². The van der Waals surface area contributed by atoms with Gasteiger partial charge >= 0.3 is 5.97 Å². The number of carboxylic acid groups (broad SMARTS) is 1. The Morgan fingerprint density at radius 2 is 1.63 bits per heavy atom. The number of hydrogen-bond donors (Lipinski definition) is 3. The molecule has 196 valence electrons. The van der Waals surface area contributed by atoms with Crippen molar-refractivity contribution in [2.75, 3.05) is 0 Å². The number of Topliss-reactive ketones (excluding diaryl/α,β-unsaturated/α-hetero) is 1. The van der Waals surface area contributed by atoms with E-state index in [1.54, 1.807) is 0 Å². The van der Waals surface area contributed by atoms with Gasteiger partial charge in [-0.2, -0.15) is 0 Å². The molecule has 5 heteroatoms. The van der Waals surface area contributed by atoms with E-state index in [-0.39, 0.29) is 39.8 Å². The molecule has 10 atom stereocenters. The van der Waals surface area contributed by atoms with Crippen molar-refractivity contribution in [1.82, 2.24) is 0 Å². The second-order valence-electron chi connectivity index (χ2n) is 14.7. The molecule has 0 radical (unpaired) electrons. The van der Waals surface area contributed by atoms with Gasteiger partial charge in [0.15, 0.2) is 5.78 Å². The van der Waals surface area contributed by atoms with Crippen molar-refractivity contribution in [2.24, 2.45) is 50.7 Å². The van der Waals surface area contributed by atoms with Gasteiger partial charge in [0, 0.05) is 11.3 Å². The van der Waals surface area contributed by atoms with Crippen LogP contribution in [-0.2, 0) is 9.59 Å². The number of allylic oxidation sites excluding steroid dienone is 1. The Bertz CT molecular complexity index is 995. The summed E-state index contributed by atoms with van der Waals surface area (Å²) in [6, 6.07) is 0. The van der Waals surface area contributed by atoms with Crippen molar-refractivity contribution in [2.45, 2.75) is 112 Å². The first-order valence-electron chi connectivity index (χ1n) is 13.9. The second kappa shape index (κ2) is 7.22. The highest BCUT2D eigenvalue weighted by molar-refractivity contribution is 5.89. The van der Waals surface area contributed by atoms with Crippen LogP contribution >= 0.6 is 0 Å². The summed E-state index contributed by atoms with van der Waals surface area (Å²) in [4.78, 5) is 25.8. The van der Waals surface area contributed by atoms with E-state index >= 15 is 0 Å². The minimum Gasteiger partial charge on any atom is -0.481 e. The minimum atomic E-state index is -1.07. The van der Waals surface area contributed by atoms with Crippen molar-refractivity contribution >= 4 is 11.8 Å². The van der Waals surface area contributed by atoms with Gasteiger partial charge in [0.25, 0.3) is 0 Å². The Hall–Kier alpha value is -1.20. The smallest absolute Gasteiger partial charge is 0.310 e. The number of aliphatic carboxylic acids is 1. The van der Waals surface area contributed by atoms with Gasteiger partial charge in [0.05, 0.1) is 11.0 Å². The highest BCUT2D eigenvalue weighted by atomic mass is 16.4. The number of aliphatic hydroxyl groups is 2. The maximum absolute atomic E-state index is 13.0. The van der Waals surface area contributed by atoms with E-state index in [1.165, 1.54) is 5.57 Å². The molecule has 5 nitrogen and oxygen atoms in total. The number of rotatable bonds is 1. The maximum Gasteiger partial charge on any atom is 0.310 e. The van der Waals surface area contributed by atoms with Crippen molar-refractivity contribution in [3.63, 3.8) is 0 Å². The number of carbonyl (C=O) groups excluding carboxylic acids is 1. The summed E-state index contributed by atoms with van der Waals surface area (Å²) in [5.41, 5.74) is -1.81. The molecule has 0 spiro atoms. The Morgan fingerprint density at radius 1 is 0.971 bits per heavy atom.